The molecule has 8 heteroatoms. The maximum absolute atomic E-state index is 12.2. The van der Waals surface area contributed by atoms with Crippen LogP contribution in [0.3, 0.4) is 0 Å². The van der Waals surface area contributed by atoms with Gasteiger partial charge in [-0.3, -0.25) is 4.79 Å². The molecule has 0 aliphatic rings. The summed E-state index contributed by atoms with van der Waals surface area (Å²) >= 11 is 9.10. The maximum atomic E-state index is 12.2. The second kappa shape index (κ2) is 9.40. The zero-order valence-electron chi connectivity index (χ0n) is 18.5. The van der Waals surface area contributed by atoms with E-state index in [1.807, 2.05) is 36.4 Å². The van der Waals surface area contributed by atoms with Crippen molar-refractivity contribution in [2.45, 2.75) is 26.3 Å². The Labute approximate surface area is 207 Å². The number of H-pyrrole nitrogens is 1. The van der Waals surface area contributed by atoms with E-state index < -0.39 is 0 Å². The SMILES string of the molecule is CCCc1nc2cccc(C(=O)S)c2n1Cc1ccc(-c2ccccc2-c2nc(=S)o[nH]2)cc1. The Morgan fingerprint density at radius 1 is 1.03 bits per heavy atom. The minimum atomic E-state index is -0.256. The molecule has 34 heavy (non-hydrogen) atoms. The molecule has 170 valence electrons. The van der Waals surface area contributed by atoms with Crippen molar-refractivity contribution in [1.29, 1.82) is 0 Å². The van der Waals surface area contributed by atoms with Crippen LogP contribution < -0.4 is 0 Å². The van der Waals surface area contributed by atoms with Gasteiger partial charge in [0.25, 0.3) is 0 Å². The Morgan fingerprint density at radius 3 is 2.47 bits per heavy atom. The van der Waals surface area contributed by atoms with E-state index in [1.54, 1.807) is 6.07 Å². The van der Waals surface area contributed by atoms with Gasteiger partial charge in [-0.1, -0.05) is 61.5 Å². The van der Waals surface area contributed by atoms with E-state index in [0.29, 0.717) is 17.9 Å². The predicted molar refractivity (Wildman–Crippen MR) is 139 cm³/mol. The number of hydrogen-bond donors (Lipinski definition) is 2. The van der Waals surface area contributed by atoms with Gasteiger partial charge in [-0.05, 0) is 47.5 Å². The Morgan fingerprint density at radius 2 is 1.79 bits per heavy atom. The monoisotopic (exact) mass is 486 g/mol. The summed E-state index contributed by atoms with van der Waals surface area (Å²) in [7, 11) is 0. The van der Waals surface area contributed by atoms with E-state index in [9.17, 15) is 4.79 Å². The molecule has 0 spiro atoms. The normalized spacial score (nSPS) is 11.2. The molecular weight excluding hydrogens is 464 g/mol. The number of thiol groups is 1. The quantitative estimate of drug-likeness (QED) is 0.203. The van der Waals surface area contributed by atoms with Gasteiger partial charge in [0.1, 0.15) is 5.82 Å². The molecule has 0 radical (unpaired) electrons. The number of para-hydroxylation sites is 1. The lowest BCUT2D eigenvalue weighted by Gasteiger charge is -2.12. The molecule has 2 heterocycles. The summed E-state index contributed by atoms with van der Waals surface area (Å²) in [6.45, 7) is 2.74. The van der Waals surface area contributed by atoms with E-state index >= 15 is 0 Å². The second-order valence-electron chi connectivity index (χ2n) is 8.02. The zero-order valence-corrected chi connectivity index (χ0v) is 20.2. The summed E-state index contributed by atoms with van der Waals surface area (Å²) in [5.41, 5.74) is 6.33. The van der Waals surface area contributed by atoms with Crippen LogP contribution >= 0.6 is 24.8 Å². The highest BCUT2D eigenvalue weighted by Crippen LogP contribution is 2.31. The van der Waals surface area contributed by atoms with Crippen LogP contribution in [0.5, 0.6) is 0 Å². The Balaban J connectivity index is 1.53. The van der Waals surface area contributed by atoms with Crippen LogP contribution in [0.4, 0.5) is 0 Å². The Kier molecular flexibility index (Phi) is 6.17. The Bertz CT molecular complexity index is 1550. The highest BCUT2D eigenvalue weighted by Gasteiger charge is 2.17. The molecule has 0 atom stereocenters. The van der Waals surface area contributed by atoms with Gasteiger partial charge in [0.2, 0.25) is 5.12 Å². The number of nitrogens with one attached hydrogen (secondary N) is 1. The van der Waals surface area contributed by atoms with Gasteiger partial charge in [0, 0.05) is 18.5 Å². The number of aromatic amines is 1. The summed E-state index contributed by atoms with van der Waals surface area (Å²) in [6, 6.07) is 22.0. The number of carbonyl (C=O) groups excluding carboxylic acids is 1. The summed E-state index contributed by atoms with van der Waals surface area (Å²) in [5.74, 6) is 1.57. The van der Waals surface area contributed by atoms with Crippen LogP contribution in [0.15, 0.2) is 71.3 Å². The minimum absolute atomic E-state index is 0.176. The van der Waals surface area contributed by atoms with Crippen LogP contribution in [-0.2, 0) is 13.0 Å². The number of rotatable bonds is 7. The van der Waals surface area contributed by atoms with Gasteiger partial charge in [-0.2, -0.15) is 4.98 Å². The molecule has 0 fully saturated rings. The van der Waals surface area contributed by atoms with Crippen LogP contribution in [0.2, 0.25) is 0 Å². The van der Waals surface area contributed by atoms with Crippen LogP contribution in [0.1, 0.15) is 35.1 Å². The lowest BCUT2D eigenvalue weighted by molar-refractivity contribution is 0.109. The van der Waals surface area contributed by atoms with E-state index in [4.69, 9.17) is 21.7 Å². The molecule has 6 nitrogen and oxygen atoms in total. The third-order valence-corrected chi connectivity index (χ3v) is 6.19. The Hall–Kier alpha value is -3.49. The zero-order chi connectivity index (χ0) is 23.7. The number of fused-ring (bicyclic) bond motifs is 1. The van der Waals surface area contributed by atoms with Crippen LogP contribution in [0, 0.1) is 4.84 Å². The van der Waals surface area contributed by atoms with Gasteiger partial charge in [0.05, 0.1) is 16.6 Å². The van der Waals surface area contributed by atoms with Gasteiger partial charge < -0.3 is 9.09 Å². The molecule has 0 amide bonds. The topological polar surface area (TPSA) is 76.7 Å². The van der Waals surface area contributed by atoms with Crippen molar-refractivity contribution < 1.29 is 9.32 Å². The fraction of sp³-hybridized carbons (Fsp3) is 0.154. The van der Waals surface area contributed by atoms with Crippen molar-refractivity contribution in [3.05, 3.63) is 88.5 Å². The van der Waals surface area contributed by atoms with Crippen molar-refractivity contribution in [2.24, 2.45) is 0 Å². The van der Waals surface area contributed by atoms with E-state index in [1.165, 1.54) is 0 Å². The molecule has 1 N–H and O–H groups in total. The number of benzene rings is 3. The summed E-state index contributed by atoms with van der Waals surface area (Å²) in [4.78, 5) is 21.4. The summed E-state index contributed by atoms with van der Waals surface area (Å²) in [6.07, 6.45) is 1.80. The molecule has 0 saturated heterocycles. The highest BCUT2D eigenvalue weighted by molar-refractivity contribution is 7.97. The largest absolute Gasteiger partial charge is 0.348 e. The fourth-order valence-corrected chi connectivity index (χ4v) is 4.56. The molecule has 0 bridgehead atoms. The van der Waals surface area contributed by atoms with Gasteiger partial charge >= 0.3 is 4.84 Å². The summed E-state index contributed by atoms with van der Waals surface area (Å²) in [5, 5.41) is 2.53. The van der Waals surface area contributed by atoms with Crippen molar-refractivity contribution >= 4 is 41.0 Å². The first kappa shape index (κ1) is 22.3. The fourth-order valence-electron chi connectivity index (χ4n) is 4.25. The first-order chi connectivity index (χ1) is 16.5. The van der Waals surface area contributed by atoms with E-state index in [0.717, 1.165) is 52.0 Å². The predicted octanol–water partition coefficient (Wildman–Crippen LogP) is 6.49. The third-order valence-electron chi connectivity index (χ3n) is 5.78. The molecule has 5 rings (SSSR count). The molecule has 0 aliphatic heterocycles. The molecule has 0 saturated carbocycles. The molecule has 0 aliphatic carbocycles. The molecule has 5 aromatic rings. The van der Waals surface area contributed by atoms with Crippen molar-refractivity contribution in [2.75, 3.05) is 0 Å². The number of hydrogen-bond acceptors (Lipinski definition) is 5. The molecule has 2 aromatic heterocycles. The number of imidazole rings is 1. The number of aryl methyl sites for hydroxylation is 1. The first-order valence-corrected chi connectivity index (χ1v) is 11.9. The van der Waals surface area contributed by atoms with E-state index in [2.05, 4.69) is 58.5 Å². The maximum Gasteiger partial charge on any atom is 0.314 e. The third kappa shape index (κ3) is 4.22. The van der Waals surface area contributed by atoms with Crippen molar-refractivity contribution in [3.63, 3.8) is 0 Å². The van der Waals surface area contributed by atoms with Crippen LogP contribution in [0.25, 0.3) is 33.5 Å². The average molecular weight is 487 g/mol. The van der Waals surface area contributed by atoms with Gasteiger partial charge in [-0.25, -0.2) is 10.1 Å². The van der Waals surface area contributed by atoms with Gasteiger partial charge in [-0.15, -0.1) is 12.6 Å². The lowest BCUT2D eigenvalue weighted by atomic mass is 9.98. The van der Waals surface area contributed by atoms with Crippen molar-refractivity contribution in [1.82, 2.24) is 19.7 Å². The number of aromatic nitrogens is 4. The molecule has 3 aromatic carbocycles. The number of carbonyl (C=O) groups is 1. The van der Waals surface area contributed by atoms with Crippen LogP contribution in [-0.4, -0.2) is 24.8 Å². The minimum Gasteiger partial charge on any atom is -0.348 e. The highest BCUT2D eigenvalue weighted by atomic mass is 32.1. The average Bonchev–Trinajstić information content (AvgIpc) is 3.43. The second-order valence-corrected chi connectivity index (χ2v) is 8.77. The molecule has 0 unspecified atom stereocenters. The first-order valence-electron chi connectivity index (χ1n) is 11.0. The van der Waals surface area contributed by atoms with E-state index in [-0.39, 0.29) is 9.95 Å². The van der Waals surface area contributed by atoms with Gasteiger partial charge in [0.15, 0.2) is 5.82 Å². The van der Waals surface area contributed by atoms with Crippen molar-refractivity contribution in [3.8, 4) is 22.5 Å². The standard InChI is InChI=1S/C26H22N4O2S2/c1-2-6-22-27-21-10-5-9-20(25(31)33)23(21)30(22)15-16-11-13-17(14-12-16)18-7-3-4-8-19(18)24-28-26(34)32-29-24/h3-5,7-14H,2,6,15H2,1H3,(H,31,33)(H,28,29,34). The molecular formula is C26H22N4O2S2. The summed E-state index contributed by atoms with van der Waals surface area (Å²) < 4.78 is 7.26. The lowest BCUT2D eigenvalue weighted by Crippen LogP contribution is -2.07. The smallest absolute Gasteiger partial charge is 0.314 e. The number of nitrogens with zero attached hydrogens (tertiary/aromatic N) is 3.